The van der Waals surface area contributed by atoms with Crippen molar-refractivity contribution < 1.29 is 34.6 Å². The molecule has 0 bridgehead atoms. The molecule has 0 radical (unpaired) electrons. The van der Waals surface area contributed by atoms with Gasteiger partial charge in [0.05, 0.1) is 0 Å². The average Bonchev–Trinajstić information content (AvgIpc) is 2.25. The second-order valence-electron chi connectivity index (χ2n) is 3.58. The van der Waals surface area contributed by atoms with E-state index in [0.717, 1.165) is 0 Å². The molecule has 0 spiro atoms. The third-order valence-corrected chi connectivity index (χ3v) is 3.18. The Morgan fingerprint density at radius 2 is 1.63 bits per heavy atom. The number of hydrogen-bond acceptors (Lipinski definition) is 3. The van der Waals surface area contributed by atoms with Crippen molar-refractivity contribution in [2.45, 2.75) is 24.5 Å². The van der Waals surface area contributed by atoms with Crippen LogP contribution in [0.2, 0.25) is 0 Å². The molecule has 0 aliphatic carbocycles. The van der Waals surface area contributed by atoms with E-state index in [-0.39, 0.29) is 5.56 Å². The molecule has 3 nitrogen and oxygen atoms in total. The highest BCUT2D eigenvalue weighted by atomic mass is 32.2. The molecule has 1 unspecified atom stereocenters. The smallest absolute Gasteiger partial charge is 0.251 e. The monoisotopic (exact) mass is 304 g/mol. The molecule has 0 aliphatic rings. The molecule has 0 saturated heterocycles. The van der Waals surface area contributed by atoms with Crippen LogP contribution in [0.5, 0.6) is 0 Å². The minimum atomic E-state index is -5.46. The van der Waals surface area contributed by atoms with Crippen LogP contribution in [0.4, 0.5) is 22.0 Å². The molecule has 1 aromatic carbocycles. The molecule has 1 rings (SSSR count). The fourth-order valence-corrected chi connectivity index (χ4v) is 2.39. The lowest BCUT2D eigenvalue weighted by atomic mass is 10.2. The third kappa shape index (κ3) is 5.11. The molecule has 1 aromatic rings. The highest BCUT2D eigenvalue weighted by Crippen LogP contribution is 2.29. The van der Waals surface area contributed by atoms with E-state index in [9.17, 15) is 30.4 Å². The summed E-state index contributed by atoms with van der Waals surface area (Å²) in [4.78, 5) is 0. The maximum absolute atomic E-state index is 12.2. The molecule has 0 aliphatic heterocycles. The van der Waals surface area contributed by atoms with Crippen molar-refractivity contribution in [3.63, 3.8) is 0 Å². The molecule has 0 heterocycles. The summed E-state index contributed by atoms with van der Waals surface area (Å²) in [5.41, 5.74) is 0.137. The summed E-state index contributed by atoms with van der Waals surface area (Å²) in [6, 6.07) is 7.13. The standard InChI is InChI=1S/C10H9F5O3S/c11-9(12)8(10(13,14)15)18-19(16,17)6-7-4-2-1-3-5-7/h1-5,8-9H,6H2. The topological polar surface area (TPSA) is 43.4 Å². The van der Waals surface area contributed by atoms with Crippen molar-refractivity contribution in [2.24, 2.45) is 0 Å². The molecular formula is C10H9F5O3S. The van der Waals surface area contributed by atoms with E-state index in [1.54, 1.807) is 6.07 Å². The zero-order chi connectivity index (χ0) is 14.7. The summed E-state index contributed by atoms with van der Waals surface area (Å²) < 4.78 is 87.0. The Morgan fingerprint density at radius 1 is 1.11 bits per heavy atom. The van der Waals surface area contributed by atoms with E-state index in [1.807, 2.05) is 0 Å². The molecule has 19 heavy (non-hydrogen) atoms. The summed E-state index contributed by atoms with van der Waals surface area (Å²) >= 11 is 0. The minimum absolute atomic E-state index is 0.137. The number of rotatable bonds is 5. The average molecular weight is 304 g/mol. The van der Waals surface area contributed by atoms with E-state index in [1.165, 1.54) is 24.3 Å². The first-order valence-corrected chi connectivity index (χ1v) is 6.49. The Hall–Kier alpha value is -1.22. The van der Waals surface area contributed by atoms with E-state index in [4.69, 9.17) is 0 Å². The van der Waals surface area contributed by atoms with Crippen molar-refractivity contribution in [1.82, 2.24) is 0 Å². The van der Waals surface area contributed by atoms with Gasteiger partial charge in [-0.2, -0.15) is 21.6 Å². The lowest BCUT2D eigenvalue weighted by molar-refractivity contribution is -0.226. The lowest BCUT2D eigenvalue weighted by Crippen LogP contribution is -2.39. The molecule has 0 aromatic heterocycles. The molecule has 1 atom stereocenters. The van der Waals surface area contributed by atoms with Crippen molar-refractivity contribution in [1.29, 1.82) is 0 Å². The first-order valence-electron chi connectivity index (χ1n) is 4.91. The quantitative estimate of drug-likeness (QED) is 0.620. The largest absolute Gasteiger partial charge is 0.421 e. The molecule has 9 heteroatoms. The highest BCUT2D eigenvalue weighted by Gasteiger charge is 2.49. The van der Waals surface area contributed by atoms with Crippen LogP contribution in [0.15, 0.2) is 30.3 Å². The molecule has 0 amide bonds. The number of hydrogen-bond donors (Lipinski definition) is 0. The van der Waals surface area contributed by atoms with Crippen LogP contribution < -0.4 is 0 Å². The summed E-state index contributed by atoms with van der Waals surface area (Å²) in [7, 11) is -4.76. The molecule has 0 fully saturated rings. The van der Waals surface area contributed by atoms with E-state index in [0.29, 0.717) is 0 Å². The van der Waals surface area contributed by atoms with Gasteiger partial charge in [-0.15, -0.1) is 0 Å². The summed E-state index contributed by atoms with van der Waals surface area (Å²) in [6.07, 6.45) is -13.1. The first kappa shape index (κ1) is 15.8. The van der Waals surface area contributed by atoms with Gasteiger partial charge in [0.1, 0.15) is 5.75 Å². The van der Waals surface area contributed by atoms with Crippen LogP contribution in [0.3, 0.4) is 0 Å². The van der Waals surface area contributed by atoms with Crippen molar-refractivity contribution >= 4 is 10.1 Å². The van der Waals surface area contributed by atoms with E-state index >= 15 is 0 Å². The Morgan fingerprint density at radius 3 is 2.05 bits per heavy atom. The van der Waals surface area contributed by atoms with Crippen LogP contribution in [0, 0.1) is 0 Å². The number of alkyl halides is 5. The van der Waals surface area contributed by atoms with Gasteiger partial charge in [-0.05, 0) is 5.56 Å². The second kappa shape index (κ2) is 5.83. The molecular weight excluding hydrogens is 295 g/mol. The first-order chi connectivity index (χ1) is 8.62. The van der Waals surface area contributed by atoms with E-state index in [2.05, 4.69) is 4.18 Å². The Kier molecular flexibility index (Phi) is 4.86. The zero-order valence-corrected chi connectivity index (χ0v) is 10.1. The maximum Gasteiger partial charge on any atom is 0.421 e. The third-order valence-electron chi connectivity index (χ3n) is 1.99. The van der Waals surface area contributed by atoms with E-state index < -0.39 is 34.6 Å². The molecule has 0 saturated carbocycles. The van der Waals surface area contributed by atoms with Gasteiger partial charge in [-0.3, -0.25) is 4.18 Å². The maximum atomic E-state index is 12.2. The van der Waals surface area contributed by atoms with Gasteiger partial charge in [0.25, 0.3) is 16.5 Å². The number of benzene rings is 1. The Labute approximate surface area is 106 Å². The predicted octanol–water partition coefficient (Wildman–Crippen LogP) is 2.73. The van der Waals surface area contributed by atoms with Crippen LogP contribution in [-0.2, 0) is 20.1 Å². The summed E-state index contributed by atoms with van der Waals surface area (Å²) in [5.74, 6) is -0.910. The second-order valence-corrected chi connectivity index (χ2v) is 5.18. The van der Waals surface area contributed by atoms with Gasteiger partial charge in [-0.1, -0.05) is 30.3 Å². The van der Waals surface area contributed by atoms with Crippen LogP contribution in [0.1, 0.15) is 5.56 Å². The van der Waals surface area contributed by atoms with Gasteiger partial charge in [-0.25, -0.2) is 8.78 Å². The van der Waals surface area contributed by atoms with Gasteiger partial charge in [0, 0.05) is 0 Å². The highest BCUT2D eigenvalue weighted by molar-refractivity contribution is 7.85. The SMILES string of the molecule is O=S(=O)(Cc1ccccc1)OC(C(F)F)C(F)(F)F. The number of halogens is 5. The minimum Gasteiger partial charge on any atom is -0.251 e. The molecule has 0 N–H and O–H groups in total. The van der Waals surface area contributed by atoms with Crippen LogP contribution >= 0.6 is 0 Å². The fourth-order valence-electron chi connectivity index (χ4n) is 1.21. The summed E-state index contributed by atoms with van der Waals surface area (Å²) in [5, 5.41) is 0. The normalized spacial score (nSPS) is 14.6. The van der Waals surface area contributed by atoms with Crippen LogP contribution in [-0.4, -0.2) is 27.1 Å². The zero-order valence-electron chi connectivity index (χ0n) is 9.27. The van der Waals surface area contributed by atoms with Gasteiger partial charge in [0.15, 0.2) is 0 Å². The van der Waals surface area contributed by atoms with Crippen molar-refractivity contribution in [3.8, 4) is 0 Å². The molecule has 108 valence electrons. The van der Waals surface area contributed by atoms with Crippen molar-refractivity contribution in [2.75, 3.05) is 0 Å². The Balaban J connectivity index is 2.84. The van der Waals surface area contributed by atoms with Gasteiger partial charge < -0.3 is 0 Å². The fraction of sp³-hybridized carbons (Fsp3) is 0.400. The van der Waals surface area contributed by atoms with Gasteiger partial charge in [0.2, 0.25) is 6.10 Å². The summed E-state index contributed by atoms with van der Waals surface area (Å²) in [6.45, 7) is 0. The predicted molar refractivity (Wildman–Crippen MR) is 56.0 cm³/mol. The van der Waals surface area contributed by atoms with Crippen molar-refractivity contribution in [3.05, 3.63) is 35.9 Å². The lowest BCUT2D eigenvalue weighted by Gasteiger charge is -2.19. The van der Waals surface area contributed by atoms with Crippen LogP contribution in [0.25, 0.3) is 0 Å². The van der Waals surface area contributed by atoms with Gasteiger partial charge >= 0.3 is 6.18 Å². The Bertz CT molecular complexity index is 498.